The average molecular weight is 325 g/mol. The van der Waals surface area contributed by atoms with Gasteiger partial charge in [0, 0.05) is 0 Å². The van der Waals surface area contributed by atoms with E-state index in [1.807, 2.05) is 0 Å². The maximum Gasteiger partial charge on any atom is 0.250 e. The van der Waals surface area contributed by atoms with Crippen LogP contribution in [0.3, 0.4) is 0 Å². The predicted molar refractivity (Wildman–Crippen MR) is 73.5 cm³/mol. The highest BCUT2D eigenvalue weighted by molar-refractivity contribution is 9.10. The molecule has 1 amide bonds. The van der Waals surface area contributed by atoms with Crippen LogP contribution in [0.2, 0.25) is 0 Å². The molecule has 2 rings (SSSR count). The molecule has 0 saturated heterocycles. The van der Waals surface area contributed by atoms with Crippen LogP contribution in [0, 0.1) is 5.82 Å². The standard InChI is InChI=1S/C13H10BrFN2O2/c14-9-6-7(4-5-10(9)15)19-11-3-1-2-8(12(11)16)13(17)18/h1-6H,16H2,(H2,17,18). The molecule has 2 aromatic rings. The Balaban J connectivity index is 2.35. The highest BCUT2D eigenvalue weighted by atomic mass is 79.9. The van der Waals surface area contributed by atoms with Crippen molar-refractivity contribution in [2.75, 3.05) is 5.73 Å². The summed E-state index contributed by atoms with van der Waals surface area (Å²) in [6.45, 7) is 0. The van der Waals surface area contributed by atoms with Gasteiger partial charge < -0.3 is 16.2 Å². The summed E-state index contributed by atoms with van der Waals surface area (Å²) in [5, 5.41) is 0. The van der Waals surface area contributed by atoms with Crippen molar-refractivity contribution < 1.29 is 13.9 Å². The molecule has 0 aliphatic rings. The van der Waals surface area contributed by atoms with Crippen molar-refractivity contribution in [1.29, 1.82) is 0 Å². The van der Waals surface area contributed by atoms with E-state index < -0.39 is 11.7 Å². The van der Waals surface area contributed by atoms with E-state index in [1.54, 1.807) is 12.1 Å². The Bertz CT molecular complexity index is 647. The number of carbonyl (C=O) groups excluding carboxylic acids is 1. The molecule has 98 valence electrons. The summed E-state index contributed by atoms with van der Waals surface area (Å²) in [6, 6.07) is 8.88. The average Bonchev–Trinajstić information content (AvgIpc) is 2.36. The highest BCUT2D eigenvalue weighted by Crippen LogP contribution is 2.31. The lowest BCUT2D eigenvalue weighted by Crippen LogP contribution is -2.13. The largest absolute Gasteiger partial charge is 0.455 e. The summed E-state index contributed by atoms with van der Waals surface area (Å²) < 4.78 is 18.9. The van der Waals surface area contributed by atoms with Crippen molar-refractivity contribution in [3.8, 4) is 11.5 Å². The number of hydrogen-bond acceptors (Lipinski definition) is 3. The predicted octanol–water partition coefficient (Wildman–Crippen LogP) is 3.06. The minimum absolute atomic E-state index is 0.149. The Kier molecular flexibility index (Phi) is 3.71. The molecule has 0 radical (unpaired) electrons. The van der Waals surface area contributed by atoms with Crippen molar-refractivity contribution >= 4 is 27.5 Å². The summed E-state index contributed by atoms with van der Waals surface area (Å²) >= 11 is 3.06. The molecule has 4 nitrogen and oxygen atoms in total. The molecule has 4 N–H and O–H groups in total. The van der Waals surface area contributed by atoms with Gasteiger partial charge in [0.05, 0.1) is 15.7 Å². The van der Waals surface area contributed by atoms with E-state index in [4.69, 9.17) is 16.2 Å². The first-order chi connectivity index (χ1) is 8.99. The Hall–Kier alpha value is -2.08. The lowest BCUT2D eigenvalue weighted by molar-refractivity contribution is 0.100. The topological polar surface area (TPSA) is 78.3 Å². The number of anilines is 1. The molecule has 0 aromatic heterocycles. The van der Waals surface area contributed by atoms with Gasteiger partial charge in [-0.25, -0.2) is 4.39 Å². The van der Waals surface area contributed by atoms with E-state index in [-0.39, 0.29) is 21.5 Å². The molecule has 0 atom stereocenters. The third-order valence-electron chi connectivity index (χ3n) is 2.45. The molecule has 0 aliphatic carbocycles. The molecule has 0 aliphatic heterocycles. The molecule has 2 aromatic carbocycles. The quantitative estimate of drug-likeness (QED) is 0.851. The number of benzene rings is 2. The third kappa shape index (κ3) is 2.85. The van der Waals surface area contributed by atoms with Gasteiger partial charge in [-0.05, 0) is 46.3 Å². The van der Waals surface area contributed by atoms with Crippen LogP contribution >= 0.6 is 15.9 Å². The van der Waals surface area contributed by atoms with Crippen LogP contribution in [0.25, 0.3) is 0 Å². The molecule has 6 heteroatoms. The van der Waals surface area contributed by atoms with E-state index in [1.165, 1.54) is 24.3 Å². The number of para-hydroxylation sites is 1. The summed E-state index contributed by atoms with van der Waals surface area (Å²) in [6.07, 6.45) is 0. The first kappa shape index (κ1) is 13.4. The number of hydrogen-bond donors (Lipinski definition) is 2. The Labute approximate surface area is 117 Å². The highest BCUT2D eigenvalue weighted by Gasteiger charge is 2.11. The molecule has 0 heterocycles. The number of amides is 1. The fourth-order valence-corrected chi connectivity index (χ4v) is 1.87. The molecular formula is C13H10BrFN2O2. The first-order valence-corrected chi connectivity index (χ1v) is 6.09. The summed E-state index contributed by atoms with van der Waals surface area (Å²) in [4.78, 5) is 11.2. The maximum absolute atomic E-state index is 13.1. The molecular weight excluding hydrogens is 315 g/mol. The number of nitrogens with two attached hydrogens (primary N) is 2. The van der Waals surface area contributed by atoms with Gasteiger partial charge in [-0.15, -0.1) is 0 Å². The van der Waals surface area contributed by atoms with Gasteiger partial charge in [0.1, 0.15) is 11.6 Å². The zero-order valence-corrected chi connectivity index (χ0v) is 11.3. The van der Waals surface area contributed by atoms with Gasteiger partial charge in [0.2, 0.25) is 0 Å². The van der Waals surface area contributed by atoms with Crippen LogP contribution in [0.15, 0.2) is 40.9 Å². The molecule has 0 bridgehead atoms. The molecule has 0 unspecified atom stereocenters. The fourth-order valence-electron chi connectivity index (χ4n) is 1.52. The van der Waals surface area contributed by atoms with Gasteiger partial charge in [0.25, 0.3) is 5.91 Å². The normalized spacial score (nSPS) is 10.2. The van der Waals surface area contributed by atoms with Crippen molar-refractivity contribution in [3.63, 3.8) is 0 Å². The van der Waals surface area contributed by atoms with Gasteiger partial charge in [0.15, 0.2) is 5.75 Å². The Morgan fingerprint density at radius 3 is 2.63 bits per heavy atom. The Morgan fingerprint density at radius 2 is 2.00 bits per heavy atom. The lowest BCUT2D eigenvalue weighted by atomic mass is 10.1. The smallest absolute Gasteiger partial charge is 0.250 e. The number of ether oxygens (including phenoxy) is 1. The van der Waals surface area contributed by atoms with E-state index >= 15 is 0 Å². The number of carbonyl (C=O) groups is 1. The molecule has 0 saturated carbocycles. The lowest BCUT2D eigenvalue weighted by Gasteiger charge is -2.10. The summed E-state index contributed by atoms with van der Waals surface area (Å²) in [5.41, 5.74) is 11.3. The summed E-state index contributed by atoms with van der Waals surface area (Å²) in [7, 11) is 0. The molecule has 0 fully saturated rings. The summed E-state index contributed by atoms with van der Waals surface area (Å²) in [5.74, 6) is -0.356. The van der Waals surface area contributed by atoms with Crippen LogP contribution in [0.1, 0.15) is 10.4 Å². The fraction of sp³-hybridized carbons (Fsp3) is 0. The van der Waals surface area contributed by atoms with E-state index in [0.717, 1.165) is 0 Å². The first-order valence-electron chi connectivity index (χ1n) is 5.30. The van der Waals surface area contributed by atoms with Gasteiger partial charge in [-0.1, -0.05) is 6.07 Å². The second-order valence-electron chi connectivity index (χ2n) is 3.76. The van der Waals surface area contributed by atoms with Crippen LogP contribution in [0.4, 0.5) is 10.1 Å². The number of primary amides is 1. The third-order valence-corrected chi connectivity index (χ3v) is 3.06. The minimum atomic E-state index is -0.636. The van der Waals surface area contributed by atoms with E-state index in [0.29, 0.717) is 5.75 Å². The van der Waals surface area contributed by atoms with E-state index in [2.05, 4.69) is 15.9 Å². The molecule has 19 heavy (non-hydrogen) atoms. The zero-order valence-electron chi connectivity index (χ0n) is 9.69. The second kappa shape index (κ2) is 5.27. The zero-order chi connectivity index (χ0) is 14.0. The SMILES string of the molecule is NC(=O)c1cccc(Oc2ccc(F)c(Br)c2)c1N. The number of halogens is 2. The van der Waals surface area contributed by atoms with Crippen molar-refractivity contribution in [2.24, 2.45) is 5.73 Å². The van der Waals surface area contributed by atoms with Crippen molar-refractivity contribution in [3.05, 3.63) is 52.3 Å². The maximum atomic E-state index is 13.1. The number of rotatable bonds is 3. The van der Waals surface area contributed by atoms with Crippen LogP contribution < -0.4 is 16.2 Å². The van der Waals surface area contributed by atoms with Crippen molar-refractivity contribution in [1.82, 2.24) is 0 Å². The van der Waals surface area contributed by atoms with E-state index in [9.17, 15) is 9.18 Å². The van der Waals surface area contributed by atoms with Gasteiger partial charge in [-0.2, -0.15) is 0 Å². The molecule has 0 spiro atoms. The monoisotopic (exact) mass is 324 g/mol. The Morgan fingerprint density at radius 1 is 1.26 bits per heavy atom. The van der Waals surface area contributed by atoms with Gasteiger partial charge >= 0.3 is 0 Å². The van der Waals surface area contributed by atoms with Crippen molar-refractivity contribution in [2.45, 2.75) is 0 Å². The van der Waals surface area contributed by atoms with Crippen LogP contribution in [-0.2, 0) is 0 Å². The van der Waals surface area contributed by atoms with Gasteiger partial charge in [-0.3, -0.25) is 4.79 Å². The second-order valence-corrected chi connectivity index (χ2v) is 4.61. The van der Waals surface area contributed by atoms with Crippen LogP contribution in [0.5, 0.6) is 11.5 Å². The number of nitrogen functional groups attached to an aromatic ring is 1. The minimum Gasteiger partial charge on any atom is -0.455 e. The van der Waals surface area contributed by atoms with Crippen LogP contribution in [-0.4, -0.2) is 5.91 Å².